The highest BCUT2D eigenvalue weighted by Crippen LogP contribution is 2.42. The molecule has 3 aromatic rings. The lowest BCUT2D eigenvalue weighted by molar-refractivity contribution is -0.140. The predicted molar refractivity (Wildman–Crippen MR) is 124 cm³/mol. The van der Waals surface area contributed by atoms with Gasteiger partial charge in [0.2, 0.25) is 5.95 Å². The van der Waals surface area contributed by atoms with Gasteiger partial charge in [0.15, 0.2) is 0 Å². The Kier molecular flexibility index (Phi) is 8.56. The van der Waals surface area contributed by atoms with Gasteiger partial charge < -0.3 is 0 Å². The number of nitrogens with zero attached hydrogens (tertiary/aromatic N) is 2. The van der Waals surface area contributed by atoms with Gasteiger partial charge >= 0.3 is 12.4 Å². The lowest BCUT2D eigenvalue weighted by Gasteiger charge is -2.19. The number of allylic oxidation sites excluding steroid dienone is 1. The average molecular weight is 588 g/mol. The molecule has 5 nitrogen and oxygen atoms in total. The largest absolute Gasteiger partial charge is 0.417 e. The molecule has 0 aliphatic carbocycles. The molecular weight excluding hydrogens is 576 g/mol. The highest BCUT2D eigenvalue weighted by Gasteiger charge is 2.41. The highest BCUT2D eigenvalue weighted by molar-refractivity contribution is 6.48. The van der Waals surface area contributed by atoms with Gasteiger partial charge in [-0.05, 0) is 42.0 Å². The number of alkyl halides is 6. The van der Waals surface area contributed by atoms with Crippen molar-refractivity contribution in [2.24, 2.45) is 0 Å². The molecular formula is C22H12Cl3F7N4O. The predicted octanol–water partition coefficient (Wildman–Crippen LogP) is 7.87. The fraction of sp³-hybridized carbons (Fsp3) is 0.136. The van der Waals surface area contributed by atoms with Gasteiger partial charge in [0.05, 0.1) is 26.2 Å². The van der Waals surface area contributed by atoms with E-state index in [1.54, 1.807) is 0 Å². The van der Waals surface area contributed by atoms with Crippen molar-refractivity contribution in [3.63, 3.8) is 0 Å². The van der Waals surface area contributed by atoms with Crippen LogP contribution in [0.3, 0.4) is 0 Å². The summed E-state index contributed by atoms with van der Waals surface area (Å²) in [7, 11) is 0. The molecule has 2 N–H and O–H groups in total. The van der Waals surface area contributed by atoms with Crippen LogP contribution in [0, 0.1) is 0 Å². The number of amides is 1. The summed E-state index contributed by atoms with van der Waals surface area (Å²) in [5.74, 6) is -5.69. The van der Waals surface area contributed by atoms with Gasteiger partial charge in [-0.15, -0.1) is 0 Å². The number of halogens is 10. The second kappa shape index (κ2) is 11.1. The van der Waals surface area contributed by atoms with Crippen LogP contribution < -0.4 is 10.9 Å². The normalized spacial score (nSPS) is 13.3. The van der Waals surface area contributed by atoms with E-state index in [1.807, 2.05) is 5.43 Å². The number of aromatic nitrogens is 2. The monoisotopic (exact) mass is 586 g/mol. The minimum absolute atomic E-state index is 0.0689. The number of rotatable bonds is 6. The first-order valence-corrected chi connectivity index (χ1v) is 11.0. The molecule has 0 spiro atoms. The van der Waals surface area contributed by atoms with E-state index in [4.69, 9.17) is 34.8 Å². The first-order valence-electron chi connectivity index (χ1n) is 9.82. The van der Waals surface area contributed by atoms with Crippen LogP contribution in [0.4, 0.5) is 36.7 Å². The maximum Gasteiger partial charge on any atom is 0.417 e. The van der Waals surface area contributed by atoms with E-state index >= 15 is 0 Å². The standard InChI is InChI=1S/C22H12Cl3F7N4O/c23-15-7-11(8-16(24)18(15)25)13(21(27,28)29)9-17(26)10-2-3-12(14(6-10)22(30,31)32)19(37)35-36-20-33-4-1-5-34-20/h1-9,13H,(H,35,37)(H,33,34,36)/b17-9-/t13-/m1/s1. The van der Waals surface area contributed by atoms with Crippen molar-refractivity contribution in [1.29, 1.82) is 0 Å². The molecule has 3 rings (SSSR count). The Bertz CT molecular complexity index is 1310. The van der Waals surface area contributed by atoms with Crippen LogP contribution in [0.25, 0.3) is 5.83 Å². The fourth-order valence-electron chi connectivity index (χ4n) is 3.05. The van der Waals surface area contributed by atoms with Crippen LogP contribution in [-0.2, 0) is 6.18 Å². The van der Waals surface area contributed by atoms with E-state index in [0.29, 0.717) is 6.07 Å². The third-order valence-electron chi connectivity index (χ3n) is 4.73. The Balaban J connectivity index is 1.99. The molecule has 0 radical (unpaired) electrons. The van der Waals surface area contributed by atoms with Gasteiger partial charge in [-0.1, -0.05) is 40.9 Å². The molecule has 0 aliphatic rings. The number of hydrogen-bond acceptors (Lipinski definition) is 4. The summed E-state index contributed by atoms with van der Waals surface area (Å²) in [5.41, 5.74) is 0.180. The van der Waals surface area contributed by atoms with Gasteiger partial charge in [-0.2, -0.15) is 26.3 Å². The lowest BCUT2D eigenvalue weighted by atomic mass is 9.95. The van der Waals surface area contributed by atoms with Crippen LogP contribution in [0.2, 0.25) is 15.1 Å². The summed E-state index contributed by atoms with van der Waals surface area (Å²) in [6, 6.07) is 4.65. The van der Waals surface area contributed by atoms with E-state index in [-0.39, 0.29) is 33.2 Å². The highest BCUT2D eigenvalue weighted by atomic mass is 35.5. The summed E-state index contributed by atoms with van der Waals surface area (Å²) in [6.07, 6.45) is -7.57. The molecule has 196 valence electrons. The molecule has 15 heteroatoms. The number of nitrogens with one attached hydrogen (secondary N) is 2. The zero-order valence-corrected chi connectivity index (χ0v) is 20.1. The Morgan fingerprint density at radius 2 is 1.54 bits per heavy atom. The molecule has 1 aromatic heterocycles. The maximum atomic E-state index is 14.9. The lowest BCUT2D eigenvalue weighted by Crippen LogP contribution is -2.32. The fourth-order valence-corrected chi connectivity index (χ4v) is 3.66. The smallest absolute Gasteiger partial charge is 0.267 e. The summed E-state index contributed by atoms with van der Waals surface area (Å²) < 4.78 is 97.1. The van der Waals surface area contributed by atoms with Gasteiger partial charge in [0.1, 0.15) is 11.7 Å². The van der Waals surface area contributed by atoms with E-state index < -0.39 is 52.3 Å². The summed E-state index contributed by atoms with van der Waals surface area (Å²) in [6.45, 7) is 0. The number of benzene rings is 2. The van der Waals surface area contributed by atoms with Crippen molar-refractivity contribution < 1.29 is 35.5 Å². The van der Waals surface area contributed by atoms with E-state index in [2.05, 4.69) is 15.4 Å². The third kappa shape index (κ3) is 7.02. The Morgan fingerprint density at radius 3 is 2.08 bits per heavy atom. The molecule has 0 saturated carbocycles. The number of hydrazine groups is 1. The van der Waals surface area contributed by atoms with Crippen molar-refractivity contribution in [2.75, 3.05) is 5.43 Å². The molecule has 37 heavy (non-hydrogen) atoms. The molecule has 2 aromatic carbocycles. The molecule has 0 aliphatic heterocycles. The van der Waals surface area contributed by atoms with Crippen LogP contribution in [0.1, 0.15) is 33.0 Å². The van der Waals surface area contributed by atoms with Crippen molar-refractivity contribution in [1.82, 2.24) is 15.4 Å². The van der Waals surface area contributed by atoms with E-state index in [9.17, 15) is 35.5 Å². The Hall–Kier alpha value is -3.09. The minimum Gasteiger partial charge on any atom is -0.267 e. The van der Waals surface area contributed by atoms with Gasteiger partial charge in [-0.25, -0.2) is 14.4 Å². The van der Waals surface area contributed by atoms with Gasteiger partial charge in [0.25, 0.3) is 5.91 Å². The zero-order chi connectivity index (χ0) is 27.5. The van der Waals surface area contributed by atoms with Crippen LogP contribution in [0.5, 0.6) is 0 Å². The van der Waals surface area contributed by atoms with Gasteiger partial charge in [0, 0.05) is 18.0 Å². The number of anilines is 1. The van der Waals surface area contributed by atoms with Crippen molar-refractivity contribution in [2.45, 2.75) is 18.3 Å². The average Bonchev–Trinajstić information content (AvgIpc) is 2.83. The number of carbonyl (C=O) groups is 1. The molecule has 1 atom stereocenters. The minimum atomic E-state index is -5.16. The summed E-state index contributed by atoms with van der Waals surface area (Å²) >= 11 is 17.3. The second-order valence-electron chi connectivity index (χ2n) is 7.24. The number of hydrogen-bond donors (Lipinski definition) is 2. The van der Waals surface area contributed by atoms with E-state index in [0.717, 1.165) is 18.2 Å². The SMILES string of the molecule is O=C(NNc1ncccn1)c1ccc(/C(F)=C/[C@H](c2cc(Cl)c(Cl)c(Cl)c2)C(F)(F)F)cc1C(F)(F)F. The van der Waals surface area contributed by atoms with Crippen molar-refractivity contribution in [3.05, 3.63) is 92.2 Å². The molecule has 0 unspecified atom stereocenters. The zero-order valence-electron chi connectivity index (χ0n) is 17.9. The van der Waals surface area contributed by atoms with Gasteiger partial charge in [-0.3, -0.25) is 15.6 Å². The molecule has 0 saturated heterocycles. The van der Waals surface area contributed by atoms with E-state index in [1.165, 1.54) is 18.5 Å². The Morgan fingerprint density at radius 1 is 0.946 bits per heavy atom. The van der Waals surface area contributed by atoms with Crippen LogP contribution in [-0.4, -0.2) is 22.1 Å². The maximum absolute atomic E-state index is 14.9. The topological polar surface area (TPSA) is 66.9 Å². The summed E-state index contributed by atoms with van der Waals surface area (Å²) in [4.78, 5) is 19.7. The molecule has 1 amide bonds. The van der Waals surface area contributed by atoms with Crippen molar-refractivity contribution >= 4 is 52.5 Å². The molecule has 0 fully saturated rings. The third-order valence-corrected chi connectivity index (χ3v) is 5.93. The van der Waals surface area contributed by atoms with Crippen LogP contribution >= 0.6 is 34.8 Å². The Labute approximate surface area is 219 Å². The quantitative estimate of drug-likeness (QED) is 0.175. The van der Waals surface area contributed by atoms with Crippen LogP contribution in [0.15, 0.2) is 54.9 Å². The molecule has 1 heterocycles. The second-order valence-corrected chi connectivity index (χ2v) is 8.43. The summed E-state index contributed by atoms with van der Waals surface area (Å²) in [5, 5.41) is -0.901. The first kappa shape index (κ1) is 28.5. The number of carbonyl (C=O) groups excluding carboxylic acids is 1. The molecule has 0 bridgehead atoms. The first-order chi connectivity index (χ1) is 17.2. The van der Waals surface area contributed by atoms with Crippen molar-refractivity contribution in [3.8, 4) is 0 Å².